The third kappa shape index (κ3) is 6.44. The molecule has 0 aromatic heterocycles. The SMILES string of the molecule is CCOc1cc(/C=N\NC(=O)c2ccc(I)c(O)c2)c(Br)cc1OCc1ccccc1. The van der Waals surface area contributed by atoms with E-state index in [1.807, 2.05) is 65.9 Å². The minimum absolute atomic E-state index is 0.0485. The van der Waals surface area contributed by atoms with E-state index in [4.69, 9.17) is 9.47 Å². The number of carbonyl (C=O) groups is 1. The summed E-state index contributed by atoms with van der Waals surface area (Å²) in [6, 6.07) is 18.1. The Kier molecular flexibility index (Phi) is 8.30. The fourth-order valence-corrected chi connectivity index (χ4v) is 3.41. The van der Waals surface area contributed by atoms with Gasteiger partial charge in [-0.25, -0.2) is 5.43 Å². The monoisotopic (exact) mass is 594 g/mol. The van der Waals surface area contributed by atoms with Crippen molar-refractivity contribution in [1.82, 2.24) is 5.43 Å². The van der Waals surface area contributed by atoms with Gasteiger partial charge in [-0.1, -0.05) is 30.3 Å². The highest BCUT2D eigenvalue weighted by Gasteiger charge is 2.11. The molecule has 0 aliphatic rings. The van der Waals surface area contributed by atoms with Crippen LogP contribution in [0.1, 0.15) is 28.4 Å². The molecule has 0 saturated carbocycles. The molecular weight excluding hydrogens is 575 g/mol. The summed E-state index contributed by atoms with van der Waals surface area (Å²) in [5, 5.41) is 13.8. The molecule has 3 rings (SSSR count). The minimum Gasteiger partial charge on any atom is -0.507 e. The maximum Gasteiger partial charge on any atom is 0.271 e. The molecule has 8 heteroatoms. The Bertz CT molecular complexity index is 1090. The Hall–Kier alpha value is -2.59. The van der Waals surface area contributed by atoms with Gasteiger partial charge in [0.15, 0.2) is 11.5 Å². The molecule has 1 amide bonds. The molecule has 3 aromatic rings. The van der Waals surface area contributed by atoms with Crippen LogP contribution in [0.2, 0.25) is 0 Å². The first-order chi connectivity index (χ1) is 15.0. The second kappa shape index (κ2) is 11.1. The number of hydrogen-bond donors (Lipinski definition) is 2. The van der Waals surface area contributed by atoms with Crippen molar-refractivity contribution in [2.45, 2.75) is 13.5 Å². The van der Waals surface area contributed by atoms with Gasteiger partial charge in [0.1, 0.15) is 12.4 Å². The number of amides is 1. The van der Waals surface area contributed by atoms with Crippen LogP contribution in [0.5, 0.6) is 17.2 Å². The number of nitrogens with one attached hydrogen (secondary N) is 1. The van der Waals surface area contributed by atoms with E-state index < -0.39 is 5.91 Å². The van der Waals surface area contributed by atoms with Crippen LogP contribution >= 0.6 is 38.5 Å². The van der Waals surface area contributed by atoms with Crippen LogP contribution in [0.3, 0.4) is 0 Å². The quantitative estimate of drug-likeness (QED) is 0.205. The van der Waals surface area contributed by atoms with E-state index in [2.05, 4.69) is 26.5 Å². The molecule has 31 heavy (non-hydrogen) atoms. The first-order valence-corrected chi connectivity index (χ1v) is 11.3. The molecule has 0 fully saturated rings. The van der Waals surface area contributed by atoms with Gasteiger partial charge in [-0.05, 0) is 81.3 Å². The fourth-order valence-electron chi connectivity index (χ4n) is 2.65. The number of halogens is 2. The lowest BCUT2D eigenvalue weighted by Gasteiger charge is -2.14. The molecule has 0 atom stereocenters. The molecule has 0 saturated heterocycles. The number of hydrazone groups is 1. The van der Waals surface area contributed by atoms with E-state index >= 15 is 0 Å². The van der Waals surface area contributed by atoms with Crippen LogP contribution in [0.4, 0.5) is 0 Å². The average Bonchev–Trinajstić information content (AvgIpc) is 2.77. The molecule has 0 aliphatic carbocycles. The lowest BCUT2D eigenvalue weighted by Crippen LogP contribution is -2.17. The first-order valence-electron chi connectivity index (χ1n) is 9.43. The maximum atomic E-state index is 12.2. The van der Waals surface area contributed by atoms with Crippen molar-refractivity contribution in [3.05, 3.63) is 85.4 Å². The van der Waals surface area contributed by atoms with Gasteiger partial charge in [0, 0.05) is 15.6 Å². The molecule has 0 spiro atoms. The van der Waals surface area contributed by atoms with Crippen molar-refractivity contribution in [3.8, 4) is 17.2 Å². The van der Waals surface area contributed by atoms with E-state index in [1.54, 1.807) is 18.2 Å². The molecule has 2 N–H and O–H groups in total. The van der Waals surface area contributed by atoms with Gasteiger partial charge in [-0.15, -0.1) is 0 Å². The summed E-state index contributed by atoms with van der Waals surface area (Å²) >= 11 is 5.50. The zero-order chi connectivity index (χ0) is 22.2. The topological polar surface area (TPSA) is 80.2 Å². The second-order valence-corrected chi connectivity index (χ2v) is 8.41. The van der Waals surface area contributed by atoms with Crippen molar-refractivity contribution in [3.63, 3.8) is 0 Å². The number of aromatic hydroxyl groups is 1. The van der Waals surface area contributed by atoms with Crippen molar-refractivity contribution < 1.29 is 19.4 Å². The highest BCUT2D eigenvalue weighted by Crippen LogP contribution is 2.34. The Morgan fingerprint density at radius 1 is 1.13 bits per heavy atom. The Morgan fingerprint density at radius 3 is 2.58 bits per heavy atom. The zero-order valence-electron chi connectivity index (χ0n) is 16.6. The van der Waals surface area contributed by atoms with E-state index in [9.17, 15) is 9.90 Å². The second-order valence-electron chi connectivity index (χ2n) is 6.39. The number of carbonyl (C=O) groups excluding carboxylic acids is 1. The summed E-state index contributed by atoms with van der Waals surface area (Å²) in [5.74, 6) is 0.810. The Morgan fingerprint density at radius 2 is 1.87 bits per heavy atom. The fraction of sp³-hybridized carbons (Fsp3) is 0.130. The van der Waals surface area contributed by atoms with Gasteiger partial charge in [-0.3, -0.25) is 4.79 Å². The average molecular weight is 595 g/mol. The Balaban J connectivity index is 1.72. The van der Waals surface area contributed by atoms with Crippen molar-refractivity contribution in [2.75, 3.05) is 6.61 Å². The molecule has 0 radical (unpaired) electrons. The van der Waals surface area contributed by atoms with Gasteiger partial charge >= 0.3 is 0 Å². The van der Waals surface area contributed by atoms with Gasteiger partial charge in [0.25, 0.3) is 5.91 Å². The van der Waals surface area contributed by atoms with Crippen LogP contribution in [0.25, 0.3) is 0 Å². The molecular formula is C23H20BrIN2O4. The number of benzene rings is 3. The third-order valence-electron chi connectivity index (χ3n) is 4.18. The van der Waals surface area contributed by atoms with Crippen molar-refractivity contribution in [2.24, 2.45) is 5.10 Å². The molecule has 3 aromatic carbocycles. The van der Waals surface area contributed by atoms with Crippen LogP contribution in [0.15, 0.2) is 70.2 Å². The van der Waals surface area contributed by atoms with Crippen LogP contribution in [0, 0.1) is 3.57 Å². The molecule has 0 bridgehead atoms. The number of rotatable bonds is 8. The van der Waals surface area contributed by atoms with Gasteiger partial charge in [0.2, 0.25) is 0 Å². The summed E-state index contributed by atoms with van der Waals surface area (Å²) in [5.41, 5.74) is 4.53. The normalized spacial score (nSPS) is 10.8. The number of ether oxygens (including phenoxy) is 2. The summed E-state index contributed by atoms with van der Waals surface area (Å²) in [4.78, 5) is 12.2. The molecule has 0 unspecified atom stereocenters. The maximum absolute atomic E-state index is 12.2. The summed E-state index contributed by atoms with van der Waals surface area (Å²) < 4.78 is 13.1. The molecule has 0 heterocycles. The number of hydrogen-bond acceptors (Lipinski definition) is 5. The highest BCUT2D eigenvalue weighted by atomic mass is 127. The van der Waals surface area contributed by atoms with Gasteiger partial charge in [0.05, 0.1) is 16.4 Å². The number of nitrogens with zero attached hydrogens (tertiary/aromatic N) is 1. The zero-order valence-corrected chi connectivity index (χ0v) is 20.4. The highest BCUT2D eigenvalue weighted by molar-refractivity contribution is 14.1. The van der Waals surface area contributed by atoms with Crippen LogP contribution in [-0.2, 0) is 6.61 Å². The number of phenolic OH excluding ortho intramolecular Hbond substituents is 1. The summed E-state index contributed by atoms with van der Waals surface area (Å²) in [6.07, 6.45) is 1.51. The molecule has 6 nitrogen and oxygen atoms in total. The largest absolute Gasteiger partial charge is 0.507 e. The van der Waals surface area contributed by atoms with E-state index in [0.29, 0.717) is 39.4 Å². The smallest absolute Gasteiger partial charge is 0.271 e. The van der Waals surface area contributed by atoms with Crippen LogP contribution in [-0.4, -0.2) is 23.8 Å². The predicted octanol–water partition coefficient (Wildman–Crippen LogP) is 5.50. The van der Waals surface area contributed by atoms with Gasteiger partial charge in [-0.2, -0.15) is 5.10 Å². The minimum atomic E-state index is -0.424. The molecule has 160 valence electrons. The lowest BCUT2D eigenvalue weighted by molar-refractivity contribution is 0.0954. The summed E-state index contributed by atoms with van der Waals surface area (Å²) in [6.45, 7) is 2.79. The lowest BCUT2D eigenvalue weighted by atomic mass is 10.2. The third-order valence-corrected chi connectivity index (χ3v) is 5.78. The van der Waals surface area contributed by atoms with E-state index in [0.717, 1.165) is 10.0 Å². The number of phenols is 1. The first kappa shape index (κ1) is 23.1. The van der Waals surface area contributed by atoms with E-state index in [1.165, 1.54) is 12.3 Å². The predicted molar refractivity (Wildman–Crippen MR) is 132 cm³/mol. The van der Waals surface area contributed by atoms with Crippen molar-refractivity contribution >= 4 is 50.6 Å². The van der Waals surface area contributed by atoms with Gasteiger partial charge < -0.3 is 14.6 Å². The standard InChI is InChI=1S/C23H20BrIN2O4/c1-2-30-21-11-17(13-26-27-23(29)16-8-9-19(25)20(28)10-16)18(24)12-22(21)31-14-15-6-4-3-5-7-15/h3-13,28H,2,14H2,1H3,(H,27,29)/b26-13-. The van der Waals surface area contributed by atoms with Crippen molar-refractivity contribution in [1.29, 1.82) is 0 Å². The van der Waals surface area contributed by atoms with Crippen LogP contribution < -0.4 is 14.9 Å². The summed E-state index contributed by atoms with van der Waals surface area (Å²) in [7, 11) is 0. The molecule has 0 aliphatic heterocycles. The Labute approximate surface area is 202 Å². The van der Waals surface area contributed by atoms with E-state index in [-0.39, 0.29) is 5.75 Å².